The summed E-state index contributed by atoms with van der Waals surface area (Å²) in [6.45, 7) is 4.80. The van der Waals surface area contributed by atoms with Gasteiger partial charge in [0, 0.05) is 29.6 Å². The number of rotatable bonds is 1. The number of benzene rings is 2. The molecule has 0 aromatic heterocycles. The minimum absolute atomic E-state index is 0.187. The molecule has 0 N–H and O–H groups in total. The van der Waals surface area contributed by atoms with Crippen molar-refractivity contribution in [3.05, 3.63) is 53.6 Å². The molecular weight excluding hydrogens is 242 g/mol. The van der Waals surface area contributed by atoms with Gasteiger partial charge in [-0.05, 0) is 37.6 Å². The Labute approximate surface area is 120 Å². The van der Waals surface area contributed by atoms with Crippen LogP contribution in [0.25, 0.3) is 10.8 Å². The van der Waals surface area contributed by atoms with E-state index >= 15 is 0 Å². The summed E-state index contributed by atoms with van der Waals surface area (Å²) < 4.78 is 0. The maximum atomic E-state index is 2.48. The van der Waals surface area contributed by atoms with Gasteiger partial charge >= 0.3 is 0 Å². The quantitative estimate of drug-likeness (QED) is 0.677. The van der Waals surface area contributed by atoms with E-state index in [1.165, 1.54) is 34.9 Å². The van der Waals surface area contributed by atoms with Crippen molar-refractivity contribution in [1.29, 1.82) is 0 Å². The third-order valence-electron chi connectivity index (χ3n) is 5.70. The molecule has 2 aromatic rings. The molecule has 1 heteroatoms. The molecule has 0 amide bonds. The predicted molar refractivity (Wildman–Crippen MR) is 86.5 cm³/mol. The van der Waals surface area contributed by atoms with Crippen molar-refractivity contribution in [3.8, 4) is 0 Å². The van der Waals surface area contributed by atoms with Gasteiger partial charge in [0.1, 0.15) is 0 Å². The molecule has 1 nitrogen and oxygen atoms in total. The van der Waals surface area contributed by atoms with E-state index in [2.05, 4.69) is 68.3 Å². The number of nitrogens with zero attached hydrogens (tertiary/aromatic N) is 1. The van der Waals surface area contributed by atoms with Crippen molar-refractivity contribution in [2.45, 2.75) is 38.1 Å². The second-order valence-electron chi connectivity index (χ2n) is 6.44. The van der Waals surface area contributed by atoms with Crippen molar-refractivity contribution < 1.29 is 0 Å². The molecule has 0 saturated carbocycles. The lowest BCUT2D eigenvalue weighted by molar-refractivity contribution is 0.449. The Morgan fingerprint density at radius 1 is 1.15 bits per heavy atom. The molecule has 2 aromatic carbocycles. The molecule has 1 aliphatic heterocycles. The fraction of sp³-hybridized carbons (Fsp3) is 0.368. The number of anilines is 1. The zero-order valence-electron chi connectivity index (χ0n) is 12.5. The summed E-state index contributed by atoms with van der Waals surface area (Å²) in [6, 6.07) is 13.9. The van der Waals surface area contributed by atoms with Crippen molar-refractivity contribution in [2.75, 3.05) is 11.9 Å². The van der Waals surface area contributed by atoms with Crippen LogP contribution in [0.15, 0.2) is 48.0 Å². The van der Waals surface area contributed by atoms with Crippen LogP contribution in [0, 0.1) is 0 Å². The summed E-state index contributed by atoms with van der Waals surface area (Å²) in [7, 11) is 2.25. The minimum Gasteiger partial charge on any atom is -0.370 e. The minimum atomic E-state index is 0.187. The first-order valence-corrected chi connectivity index (χ1v) is 7.58. The Morgan fingerprint density at radius 2 is 1.90 bits per heavy atom. The predicted octanol–water partition coefficient (Wildman–Crippen LogP) is 4.66. The zero-order chi connectivity index (χ0) is 13.9. The number of hydrogen-bond acceptors (Lipinski definition) is 1. The lowest BCUT2D eigenvalue weighted by Gasteiger charge is -2.38. The van der Waals surface area contributed by atoms with Gasteiger partial charge in [-0.25, -0.2) is 0 Å². The van der Waals surface area contributed by atoms with Crippen LogP contribution in [-0.4, -0.2) is 13.1 Å². The van der Waals surface area contributed by atoms with Gasteiger partial charge < -0.3 is 4.90 Å². The Hall–Kier alpha value is -1.76. The van der Waals surface area contributed by atoms with Crippen molar-refractivity contribution in [3.63, 3.8) is 0 Å². The third-order valence-corrected chi connectivity index (χ3v) is 5.70. The number of allylic oxidation sites excluding steroid dienone is 1. The molecule has 1 aliphatic carbocycles. The molecule has 0 bridgehead atoms. The molecule has 2 unspecified atom stereocenters. The molecule has 0 radical (unpaired) electrons. The van der Waals surface area contributed by atoms with Crippen molar-refractivity contribution >= 4 is 16.5 Å². The SMILES string of the molecule is CC1N(C)c2c(ccc3ccccc23)C1(C)C1=CCC1. The Kier molecular flexibility index (Phi) is 2.33. The van der Waals surface area contributed by atoms with Crippen LogP contribution in [-0.2, 0) is 5.41 Å². The number of hydrogen-bond donors (Lipinski definition) is 0. The highest BCUT2D eigenvalue weighted by Crippen LogP contribution is 2.53. The topological polar surface area (TPSA) is 3.24 Å². The van der Waals surface area contributed by atoms with E-state index in [4.69, 9.17) is 0 Å². The second-order valence-corrected chi connectivity index (χ2v) is 6.44. The van der Waals surface area contributed by atoms with E-state index in [0.717, 1.165) is 0 Å². The molecule has 0 spiro atoms. The average Bonchev–Trinajstić information content (AvgIpc) is 2.60. The first-order chi connectivity index (χ1) is 9.64. The fourth-order valence-corrected chi connectivity index (χ4v) is 4.06. The van der Waals surface area contributed by atoms with E-state index in [1.54, 1.807) is 5.57 Å². The van der Waals surface area contributed by atoms with E-state index in [9.17, 15) is 0 Å². The average molecular weight is 263 g/mol. The first-order valence-electron chi connectivity index (χ1n) is 7.58. The van der Waals surface area contributed by atoms with Gasteiger partial charge in [0.2, 0.25) is 0 Å². The summed E-state index contributed by atoms with van der Waals surface area (Å²) in [4.78, 5) is 2.48. The zero-order valence-corrected chi connectivity index (χ0v) is 12.5. The number of likely N-dealkylation sites (N-methyl/N-ethyl adjacent to an activating group) is 1. The van der Waals surface area contributed by atoms with Crippen molar-refractivity contribution in [2.24, 2.45) is 0 Å². The summed E-state index contributed by atoms with van der Waals surface area (Å²) in [5.41, 5.74) is 4.76. The summed E-state index contributed by atoms with van der Waals surface area (Å²) in [5.74, 6) is 0. The van der Waals surface area contributed by atoms with Crippen LogP contribution in [0.5, 0.6) is 0 Å². The first kappa shape index (κ1) is 12.0. The molecule has 20 heavy (non-hydrogen) atoms. The molecule has 102 valence electrons. The molecule has 0 fully saturated rings. The van der Waals surface area contributed by atoms with Gasteiger partial charge in [-0.1, -0.05) is 48.0 Å². The highest BCUT2D eigenvalue weighted by atomic mass is 15.2. The molecular formula is C19H21N. The second kappa shape index (κ2) is 3.88. The summed E-state index contributed by atoms with van der Waals surface area (Å²) >= 11 is 0. The summed E-state index contributed by atoms with van der Waals surface area (Å²) in [5, 5.41) is 2.74. The normalized spacial score (nSPS) is 28.2. The summed E-state index contributed by atoms with van der Waals surface area (Å²) in [6.07, 6.45) is 4.96. The van der Waals surface area contributed by atoms with Crippen LogP contribution in [0.3, 0.4) is 0 Å². The lowest BCUT2D eigenvalue weighted by atomic mass is 9.68. The van der Waals surface area contributed by atoms with Gasteiger partial charge in [-0.2, -0.15) is 0 Å². The monoisotopic (exact) mass is 263 g/mol. The lowest BCUT2D eigenvalue weighted by Crippen LogP contribution is -2.41. The van der Waals surface area contributed by atoms with Crippen LogP contribution < -0.4 is 4.90 Å². The third kappa shape index (κ3) is 1.28. The Morgan fingerprint density at radius 3 is 2.60 bits per heavy atom. The van der Waals surface area contributed by atoms with Gasteiger partial charge in [-0.15, -0.1) is 0 Å². The van der Waals surface area contributed by atoms with Gasteiger partial charge in [0.25, 0.3) is 0 Å². The van der Waals surface area contributed by atoms with Gasteiger partial charge in [0.05, 0.1) is 0 Å². The molecule has 2 aliphatic rings. The van der Waals surface area contributed by atoms with E-state index < -0.39 is 0 Å². The van der Waals surface area contributed by atoms with Gasteiger partial charge in [0.15, 0.2) is 0 Å². The van der Waals surface area contributed by atoms with Crippen LogP contribution in [0.1, 0.15) is 32.3 Å². The number of fused-ring (bicyclic) bond motifs is 3. The fourth-order valence-electron chi connectivity index (χ4n) is 4.06. The highest BCUT2D eigenvalue weighted by molar-refractivity contribution is 5.98. The van der Waals surface area contributed by atoms with E-state index in [-0.39, 0.29) is 5.41 Å². The highest BCUT2D eigenvalue weighted by Gasteiger charge is 2.47. The van der Waals surface area contributed by atoms with Gasteiger partial charge in [-0.3, -0.25) is 0 Å². The van der Waals surface area contributed by atoms with Crippen LogP contribution in [0.2, 0.25) is 0 Å². The smallest absolute Gasteiger partial charge is 0.0488 e. The molecule has 4 rings (SSSR count). The maximum Gasteiger partial charge on any atom is 0.0488 e. The maximum absolute atomic E-state index is 2.48. The largest absolute Gasteiger partial charge is 0.370 e. The Bertz CT molecular complexity index is 728. The standard InChI is InChI=1S/C19H21N/c1-13-19(2,15-8-6-9-15)17-12-11-14-7-4-5-10-16(14)18(17)20(13)3/h4-5,7-8,10-13H,6,9H2,1-3H3. The van der Waals surface area contributed by atoms with Crippen molar-refractivity contribution in [1.82, 2.24) is 0 Å². The molecule has 2 atom stereocenters. The molecule has 1 heterocycles. The Balaban J connectivity index is 2.05. The van der Waals surface area contributed by atoms with E-state index in [0.29, 0.717) is 6.04 Å². The van der Waals surface area contributed by atoms with E-state index in [1.807, 2.05) is 0 Å². The van der Waals surface area contributed by atoms with Crippen LogP contribution in [0.4, 0.5) is 5.69 Å². The molecule has 0 saturated heterocycles. The van der Waals surface area contributed by atoms with Crippen LogP contribution >= 0.6 is 0 Å².